The molecule has 0 saturated carbocycles. The lowest BCUT2D eigenvalue weighted by atomic mass is 9.81. The summed E-state index contributed by atoms with van der Waals surface area (Å²) in [6.07, 6.45) is 0. The highest BCUT2D eigenvalue weighted by Gasteiger charge is 2.20. The zero-order valence-electron chi connectivity index (χ0n) is 26.8. The van der Waals surface area contributed by atoms with Crippen LogP contribution in [-0.2, 0) is 5.41 Å². The van der Waals surface area contributed by atoms with Crippen molar-refractivity contribution in [2.24, 2.45) is 0 Å². The summed E-state index contributed by atoms with van der Waals surface area (Å²) in [5.74, 6) is 0.891. The van der Waals surface area contributed by atoms with E-state index in [0.717, 1.165) is 22.4 Å². The van der Waals surface area contributed by atoms with E-state index in [2.05, 4.69) is 153 Å². The number of fused-ring (bicyclic) bond motifs is 1. The number of nitrogens with zero attached hydrogens (tertiary/aromatic N) is 1. The van der Waals surface area contributed by atoms with Crippen LogP contribution in [-0.4, -0.2) is 9.97 Å². The Labute approximate surface area is 274 Å². The standard InChI is InChI=1S/C45H34N2/c1-45(2,3)35-25-33-21-23-36-38(30-15-13-29(14-16-30)28-9-5-4-6-10-28)27-39(37-24-22-34(26-35)42(33)43(36)37)31-17-19-32(20-18-31)44-46-40-11-7-8-12-41(40)47-44/h4-27H,1-3H3,(H,46,47). The second-order valence-electron chi connectivity index (χ2n) is 13.7. The molecule has 1 N–H and O–H groups in total. The van der Waals surface area contributed by atoms with Gasteiger partial charge in [-0.25, -0.2) is 4.98 Å². The predicted octanol–water partition coefficient (Wildman–Crippen LogP) is 12.4. The molecule has 2 nitrogen and oxygen atoms in total. The smallest absolute Gasteiger partial charge is 0.138 e. The molecule has 0 aliphatic rings. The third-order valence-electron chi connectivity index (χ3n) is 9.74. The van der Waals surface area contributed by atoms with Crippen molar-refractivity contribution in [1.82, 2.24) is 9.97 Å². The highest BCUT2D eigenvalue weighted by atomic mass is 14.9. The molecule has 0 aliphatic heterocycles. The number of aromatic amines is 1. The largest absolute Gasteiger partial charge is 0.338 e. The molecule has 0 atom stereocenters. The molecule has 8 aromatic carbocycles. The Morgan fingerprint density at radius 2 is 1.00 bits per heavy atom. The molecule has 0 fully saturated rings. The van der Waals surface area contributed by atoms with E-state index >= 15 is 0 Å². The van der Waals surface area contributed by atoms with Crippen molar-refractivity contribution in [2.75, 3.05) is 0 Å². The van der Waals surface area contributed by atoms with Crippen molar-refractivity contribution in [1.29, 1.82) is 0 Å². The van der Waals surface area contributed by atoms with E-state index in [4.69, 9.17) is 4.98 Å². The average molecular weight is 603 g/mol. The summed E-state index contributed by atoms with van der Waals surface area (Å²) in [5, 5.41) is 7.85. The Morgan fingerprint density at radius 3 is 1.60 bits per heavy atom. The normalized spacial score (nSPS) is 12.1. The van der Waals surface area contributed by atoms with Crippen LogP contribution in [0.5, 0.6) is 0 Å². The molecule has 47 heavy (non-hydrogen) atoms. The maximum Gasteiger partial charge on any atom is 0.138 e. The molecule has 0 aliphatic carbocycles. The maximum atomic E-state index is 4.84. The summed E-state index contributed by atoms with van der Waals surface area (Å²) in [4.78, 5) is 8.33. The summed E-state index contributed by atoms with van der Waals surface area (Å²) in [5.41, 5.74) is 11.9. The van der Waals surface area contributed by atoms with Crippen molar-refractivity contribution >= 4 is 43.4 Å². The first kappa shape index (κ1) is 27.6. The lowest BCUT2D eigenvalue weighted by molar-refractivity contribution is 0.591. The van der Waals surface area contributed by atoms with Crippen molar-refractivity contribution in [2.45, 2.75) is 26.2 Å². The number of imidazole rings is 1. The van der Waals surface area contributed by atoms with E-state index in [9.17, 15) is 0 Å². The SMILES string of the molecule is CC(C)(C)c1cc2ccc3c(-c4ccc(-c5ccccc5)cc4)cc(-c4ccc(-c5nc6ccccc6[nH]5)cc4)c4ccc(c1)c2c34. The molecule has 0 unspecified atom stereocenters. The number of nitrogens with one attached hydrogen (secondary N) is 1. The van der Waals surface area contributed by atoms with Crippen molar-refractivity contribution in [3.05, 3.63) is 151 Å². The number of hydrogen-bond donors (Lipinski definition) is 1. The van der Waals surface area contributed by atoms with Gasteiger partial charge in [-0.15, -0.1) is 0 Å². The van der Waals surface area contributed by atoms with Crippen molar-refractivity contribution in [3.63, 3.8) is 0 Å². The minimum Gasteiger partial charge on any atom is -0.338 e. The molecule has 0 spiro atoms. The number of hydrogen-bond acceptors (Lipinski definition) is 1. The van der Waals surface area contributed by atoms with Gasteiger partial charge >= 0.3 is 0 Å². The second kappa shape index (κ2) is 10.4. The molecule has 1 aromatic heterocycles. The van der Waals surface area contributed by atoms with Gasteiger partial charge in [-0.2, -0.15) is 0 Å². The second-order valence-corrected chi connectivity index (χ2v) is 13.7. The Balaban J connectivity index is 1.26. The van der Waals surface area contributed by atoms with Gasteiger partial charge < -0.3 is 4.98 Å². The lowest BCUT2D eigenvalue weighted by Gasteiger charge is -2.23. The molecule has 1 heterocycles. The monoisotopic (exact) mass is 602 g/mol. The summed E-state index contributed by atoms with van der Waals surface area (Å²) in [7, 11) is 0. The Morgan fingerprint density at radius 1 is 0.468 bits per heavy atom. The van der Waals surface area contributed by atoms with Gasteiger partial charge in [0.05, 0.1) is 11.0 Å². The number of rotatable bonds is 4. The molecule has 2 heteroatoms. The topological polar surface area (TPSA) is 28.7 Å². The molecular formula is C45H34N2. The summed E-state index contributed by atoms with van der Waals surface area (Å²) in [6.45, 7) is 6.89. The van der Waals surface area contributed by atoms with Crippen LogP contribution in [0.15, 0.2) is 146 Å². The minimum atomic E-state index is 0.0723. The van der Waals surface area contributed by atoms with Gasteiger partial charge in [-0.1, -0.05) is 148 Å². The van der Waals surface area contributed by atoms with Crippen molar-refractivity contribution in [3.8, 4) is 44.8 Å². The van der Waals surface area contributed by atoms with Crippen LogP contribution in [0.4, 0.5) is 0 Å². The third-order valence-corrected chi connectivity index (χ3v) is 9.74. The first-order chi connectivity index (χ1) is 22.9. The number of para-hydroxylation sites is 2. The van der Waals surface area contributed by atoms with Gasteiger partial charge in [0.1, 0.15) is 5.82 Å². The van der Waals surface area contributed by atoms with Crippen LogP contribution >= 0.6 is 0 Å². The summed E-state index contributed by atoms with van der Waals surface area (Å²) >= 11 is 0. The number of benzene rings is 8. The minimum absolute atomic E-state index is 0.0723. The fourth-order valence-corrected chi connectivity index (χ4v) is 7.20. The average Bonchev–Trinajstić information content (AvgIpc) is 3.55. The van der Waals surface area contributed by atoms with Crippen LogP contribution in [0, 0.1) is 0 Å². The molecule has 224 valence electrons. The highest BCUT2D eigenvalue weighted by Crippen LogP contribution is 2.45. The van der Waals surface area contributed by atoms with Crippen LogP contribution in [0.25, 0.3) is 88.1 Å². The van der Waals surface area contributed by atoms with Gasteiger partial charge in [-0.05, 0) is 94.9 Å². The van der Waals surface area contributed by atoms with Crippen LogP contribution < -0.4 is 0 Å². The Kier molecular flexibility index (Phi) is 6.10. The van der Waals surface area contributed by atoms with E-state index < -0.39 is 0 Å². The van der Waals surface area contributed by atoms with Gasteiger partial charge in [-0.3, -0.25) is 0 Å². The summed E-state index contributed by atoms with van der Waals surface area (Å²) in [6, 6.07) is 53.2. The maximum absolute atomic E-state index is 4.84. The van der Waals surface area contributed by atoms with Gasteiger partial charge in [0.25, 0.3) is 0 Å². The van der Waals surface area contributed by atoms with E-state index in [1.54, 1.807) is 0 Å². The first-order valence-electron chi connectivity index (χ1n) is 16.4. The fourth-order valence-electron chi connectivity index (χ4n) is 7.20. The van der Waals surface area contributed by atoms with Gasteiger partial charge in [0.2, 0.25) is 0 Å². The zero-order valence-corrected chi connectivity index (χ0v) is 26.8. The zero-order chi connectivity index (χ0) is 31.7. The van der Waals surface area contributed by atoms with Gasteiger partial charge in [0.15, 0.2) is 0 Å². The Bertz CT molecular complexity index is 2510. The summed E-state index contributed by atoms with van der Waals surface area (Å²) < 4.78 is 0. The quantitative estimate of drug-likeness (QED) is 0.199. The molecular weight excluding hydrogens is 569 g/mol. The predicted molar refractivity (Wildman–Crippen MR) is 200 cm³/mol. The molecule has 0 bridgehead atoms. The van der Waals surface area contributed by atoms with Crippen LogP contribution in [0.1, 0.15) is 26.3 Å². The van der Waals surface area contributed by atoms with E-state index in [-0.39, 0.29) is 5.41 Å². The Hall–Kier alpha value is -5.73. The van der Waals surface area contributed by atoms with Crippen molar-refractivity contribution < 1.29 is 0 Å². The first-order valence-corrected chi connectivity index (χ1v) is 16.4. The molecule has 0 amide bonds. The van der Waals surface area contributed by atoms with Crippen LogP contribution in [0.2, 0.25) is 0 Å². The fraction of sp³-hybridized carbons (Fsp3) is 0.0889. The van der Waals surface area contributed by atoms with Gasteiger partial charge in [0, 0.05) is 5.56 Å². The van der Waals surface area contributed by atoms with E-state index in [1.165, 1.54) is 71.3 Å². The number of aromatic nitrogens is 2. The molecule has 0 radical (unpaired) electrons. The van der Waals surface area contributed by atoms with E-state index in [0.29, 0.717) is 0 Å². The molecule has 9 aromatic rings. The van der Waals surface area contributed by atoms with E-state index in [1.807, 2.05) is 18.2 Å². The molecule has 0 saturated heterocycles. The van der Waals surface area contributed by atoms with Crippen LogP contribution in [0.3, 0.4) is 0 Å². The lowest BCUT2D eigenvalue weighted by Crippen LogP contribution is -2.10. The molecule has 9 rings (SSSR count). The third kappa shape index (κ3) is 4.60. The number of H-pyrrole nitrogens is 1. The highest BCUT2D eigenvalue weighted by molar-refractivity contribution is 6.28.